The van der Waals surface area contributed by atoms with Crippen molar-refractivity contribution in [1.29, 1.82) is 0 Å². The van der Waals surface area contributed by atoms with Crippen LogP contribution < -0.4 is 5.32 Å². The second-order valence-electron chi connectivity index (χ2n) is 6.81. The lowest BCUT2D eigenvalue weighted by atomic mass is 10.1. The van der Waals surface area contributed by atoms with E-state index in [1.54, 1.807) is 18.2 Å². The zero-order chi connectivity index (χ0) is 17.8. The first-order valence-electron chi connectivity index (χ1n) is 8.72. The molecule has 0 atom stereocenters. The first-order chi connectivity index (χ1) is 12.0. The van der Waals surface area contributed by atoms with Crippen molar-refractivity contribution in [3.05, 3.63) is 65.2 Å². The van der Waals surface area contributed by atoms with E-state index in [4.69, 9.17) is 0 Å². The molecule has 1 saturated carbocycles. The predicted molar refractivity (Wildman–Crippen MR) is 99.7 cm³/mol. The molecule has 0 radical (unpaired) electrons. The summed E-state index contributed by atoms with van der Waals surface area (Å²) in [7, 11) is 0. The van der Waals surface area contributed by atoms with Crippen molar-refractivity contribution in [2.24, 2.45) is 0 Å². The van der Waals surface area contributed by atoms with Gasteiger partial charge in [0.05, 0.1) is 6.54 Å². The summed E-state index contributed by atoms with van der Waals surface area (Å²) in [4.78, 5) is 26.2. The van der Waals surface area contributed by atoms with Crippen LogP contribution in [0.15, 0.2) is 48.5 Å². The summed E-state index contributed by atoms with van der Waals surface area (Å²) in [6.45, 7) is 4.76. The van der Waals surface area contributed by atoms with Gasteiger partial charge in [-0.25, -0.2) is 0 Å². The molecule has 4 nitrogen and oxygen atoms in total. The topological polar surface area (TPSA) is 49.4 Å². The standard InChI is InChI=1S/C21H24N2O2/c1-15-5-3-6-17(11-15)13-23(20-9-10-20)14-21(25)22-19-8-4-7-18(12-19)16(2)24/h3-8,11-12,20H,9-10,13-14H2,1-2H3,(H,22,25). The third kappa shape index (κ3) is 5.00. The Balaban J connectivity index is 1.63. The highest BCUT2D eigenvalue weighted by molar-refractivity contribution is 5.97. The van der Waals surface area contributed by atoms with E-state index in [0.29, 0.717) is 23.8 Å². The number of ketones is 1. The molecule has 0 unspecified atom stereocenters. The number of Topliss-reactive ketones (excluding diaryl/α,β-unsaturated/α-hetero) is 1. The van der Waals surface area contributed by atoms with Crippen LogP contribution in [0, 0.1) is 6.92 Å². The molecule has 4 heteroatoms. The third-order valence-electron chi connectivity index (χ3n) is 4.43. The van der Waals surface area contributed by atoms with E-state index in [-0.39, 0.29) is 11.7 Å². The Bertz CT molecular complexity index is 781. The van der Waals surface area contributed by atoms with Crippen molar-refractivity contribution in [2.45, 2.75) is 39.3 Å². The number of rotatable bonds is 7. The number of carbonyl (C=O) groups excluding carboxylic acids is 2. The lowest BCUT2D eigenvalue weighted by molar-refractivity contribution is -0.117. The molecular formula is C21H24N2O2. The van der Waals surface area contributed by atoms with E-state index in [0.717, 1.165) is 19.4 Å². The molecule has 0 saturated heterocycles. The SMILES string of the molecule is CC(=O)c1cccc(NC(=O)CN(Cc2cccc(C)c2)C2CC2)c1. The number of nitrogens with one attached hydrogen (secondary N) is 1. The van der Waals surface area contributed by atoms with Crippen molar-refractivity contribution < 1.29 is 9.59 Å². The molecule has 0 aromatic heterocycles. The first kappa shape index (κ1) is 17.4. The number of benzene rings is 2. The maximum atomic E-state index is 12.5. The summed E-state index contributed by atoms with van der Waals surface area (Å²) in [5.41, 5.74) is 3.75. The van der Waals surface area contributed by atoms with E-state index in [2.05, 4.69) is 41.4 Å². The van der Waals surface area contributed by atoms with Crippen LogP contribution in [0.4, 0.5) is 5.69 Å². The van der Waals surface area contributed by atoms with Crippen molar-refractivity contribution in [2.75, 3.05) is 11.9 Å². The molecular weight excluding hydrogens is 312 g/mol. The summed E-state index contributed by atoms with van der Waals surface area (Å²) in [6.07, 6.45) is 2.30. The van der Waals surface area contributed by atoms with Crippen LogP contribution in [0.2, 0.25) is 0 Å². The van der Waals surface area contributed by atoms with E-state index >= 15 is 0 Å². The maximum absolute atomic E-state index is 12.5. The number of hydrogen-bond donors (Lipinski definition) is 1. The Morgan fingerprint density at radius 3 is 2.56 bits per heavy atom. The number of amides is 1. The van der Waals surface area contributed by atoms with Gasteiger partial charge in [-0.3, -0.25) is 14.5 Å². The lowest BCUT2D eigenvalue weighted by Crippen LogP contribution is -2.34. The van der Waals surface area contributed by atoms with Crippen LogP contribution in [-0.4, -0.2) is 29.2 Å². The molecule has 1 amide bonds. The third-order valence-corrected chi connectivity index (χ3v) is 4.43. The largest absolute Gasteiger partial charge is 0.325 e. The molecule has 0 heterocycles. The number of hydrogen-bond acceptors (Lipinski definition) is 3. The van der Waals surface area contributed by atoms with Crippen molar-refractivity contribution in [1.82, 2.24) is 4.90 Å². The van der Waals surface area contributed by atoms with Gasteiger partial charge in [0.1, 0.15) is 0 Å². The highest BCUT2D eigenvalue weighted by Crippen LogP contribution is 2.28. The minimum Gasteiger partial charge on any atom is -0.325 e. The van der Waals surface area contributed by atoms with Crippen molar-refractivity contribution in [3.8, 4) is 0 Å². The average Bonchev–Trinajstić information content (AvgIpc) is 3.39. The van der Waals surface area contributed by atoms with Gasteiger partial charge < -0.3 is 5.32 Å². The fourth-order valence-corrected chi connectivity index (χ4v) is 3.00. The molecule has 2 aromatic rings. The Labute approximate surface area is 148 Å². The monoisotopic (exact) mass is 336 g/mol. The highest BCUT2D eigenvalue weighted by atomic mass is 16.2. The highest BCUT2D eigenvalue weighted by Gasteiger charge is 2.30. The van der Waals surface area contributed by atoms with E-state index < -0.39 is 0 Å². The summed E-state index contributed by atoms with van der Waals surface area (Å²) in [6, 6.07) is 16.0. The summed E-state index contributed by atoms with van der Waals surface area (Å²) >= 11 is 0. The van der Waals surface area contributed by atoms with Crippen molar-refractivity contribution in [3.63, 3.8) is 0 Å². The predicted octanol–water partition coefficient (Wildman–Crippen LogP) is 3.80. The normalized spacial score (nSPS) is 13.7. The summed E-state index contributed by atoms with van der Waals surface area (Å²) in [5, 5.41) is 2.91. The number of aryl methyl sites for hydroxylation is 1. The number of nitrogens with zero attached hydrogens (tertiary/aromatic N) is 1. The molecule has 0 aliphatic heterocycles. The van der Waals surface area contributed by atoms with Crippen LogP contribution in [0.5, 0.6) is 0 Å². The zero-order valence-corrected chi connectivity index (χ0v) is 14.8. The van der Waals surface area contributed by atoms with E-state index in [1.165, 1.54) is 18.1 Å². The van der Waals surface area contributed by atoms with E-state index in [9.17, 15) is 9.59 Å². The van der Waals surface area contributed by atoms with E-state index in [1.807, 2.05) is 6.07 Å². The van der Waals surface area contributed by atoms with Gasteiger partial charge in [0, 0.05) is 23.8 Å². The molecule has 3 rings (SSSR count). The molecule has 0 spiro atoms. The number of anilines is 1. The Morgan fingerprint density at radius 2 is 1.88 bits per heavy atom. The van der Waals surface area contributed by atoms with Gasteiger partial charge in [0.2, 0.25) is 5.91 Å². The molecule has 1 N–H and O–H groups in total. The molecule has 0 bridgehead atoms. The van der Waals surface area contributed by atoms with Crippen molar-refractivity contribution >= 4 is 17.4 Å². The van der Waals surface area contributed by atoms with Gasteiger partial charge in [-0.2, -0.15) is 0 Å². The van der Waals surface area contributed by atoms with Gasteiger partial charge in [-0.15, -0.1) is 0 Å². The second-order valence-corrected chi connectivity index (χ2v) is 6.81. The van der Waals surface area contributed by atoms with Gasteiger partial charge >= 0.3 is 0 Å². The molecule has 1 aliphatic carbocycles. The Hall–Kier alpha value is -2.46. The lowest BCUT2D eigenvalue weighted by Gasteiger charge is -2.21. The van der Waals surface area contributed by atoms with Crippen LogP contribution in [0.1, 0.15) is 41.3 Å². The second kappa shape index (κ2) is 7.62. The maximum Gasteiger partial charge on any atom is 0.238 e. The summed E-state index contributed by atoms with van der Waals surface area (Å²) < 4.78 is 0. The van der Waals surface area contributed by atoms with Crippen LogP contribution in [0.3, 0.4) is 0 Å². The minimum absolute atomic E-state index is 0.00449. The molecule has 1 fully saturated rings. The van der Waals surface area contributed by atoms with Gasteiger partial charge in [0.25, 0.3) is 0 Å². The van der Waals surface area contributed by atoms with Crippen LogP contribution in [-0.2, 0) is 11.3 Å². The Morgan fingerprint density at radius 1 is 1.12 bits per heavy atom. The first-order valence-corrected chi connectivity index (χ1v) is 8.72. The average molecular weight is 336 g/mol. The smallest absolute Gasteiger partial charge is 0.238 e. The molecule has 2 aromatic carbocycles. The quantitative estimate of drug-likeness (QED) is 0.783. The zero-order valence-electron chi connectivity index (χ0n) is 14.8. The molecule has 1 aliphatic rings. The van der Waals surface area contributed by atoms with Gasteiger partial charge in [0.15, 0.2) is 5.78 Å². The fraction of sp³-hybridized carbons (Fsp3) is 0.333. The number of carbonyl (C=O) groups is 2. The fourth-order valence-electron chi connectivity index (χ4n) is 3.00. The molecule has 25 heavy (non-hydrogen) atoms. The summed E-state index contributed by atoms with van der Waals surface area (Å²) in [5.74, 6) is -0.0459. The molecule has 130 valence electrons. The minimum atomic E-state index is -0.0414. The Kier molecular flexibility index (Phi) is 5.29. The van der Waals surface area contributed by atoms with Crippen LogP contribution in [0.25, 0.3) is 0 Å². The van der Waals surface area contributed by atoms with Gasteiger partial charge in [-0.05, 0) is 44.4 Å². The van der Waals surface area contributed by atoms with Crippen LogP contribution >= 0.6 is 0 Å². The van der Waals surface area contributed by atoms with Gasteiger partial charge in [-0.1, -0.05) is 42.0 Å².